The van der Waals surface area contributed by atoms with Gasteiger partial charge in [-0.25, -0.2) is 4.98 Å². The molecule has 0 spiro atoms. The van der Waals surface area contributed by atoms with E-state index in [-0.39, 0.29) is 5.66 Å². The second kappa shape index (κ2) is 4.63. The van der Waals surface area contributed by atoms with E-state index in [2.05, 4.69) is 9.88 Å². The molecular formula is C12H15BN2O3. The van der Waals surface area contributed by atoms with Gasteiger partial charge in [-0.05, 0) is 31.4 Å². The van der Waals surface area contributed by atoms with Crippen molar-refractivity contribution in [3.8, 4) is 0 Å². The Hall–Kier alpha value is -1.53. The van der Waals surface area contributed by atoms with Crippen LogP contribution in [0.4, 0.5) is 5.82 Å². The summed E-state index contributed by atoms with van der Waals surface area (Å²) < 4.78 is 5.39. The highest BCUT2D eigenvalue weighted by Gasteiger charge is 2.21. The molecule has 0 amide bonds. The first-order chi connectivity index (χ1) is 8.75. The van der Waals surface area contributed by atoms with E-state index in [4.69, 9.17) is 14.5 Å². The highest BCUT2D eigenvalue weighted by molar-refractivity contribution is 6.57. The minimum absolute atomic E-state index is 0.163. The number of anilines is 1. The average Bonchev–Trinajstić information content (AvgIpc) is 2.83. The fraction of sp³-hybridized carbons (Fsp3) is 0.417. The van der Waals surface area contributed by atoms with Crippen LogP contribution in [0.1, 0.15) is 19.3 Å². The Labute approximate surface area is 105 Å². The first-order valence-corrected chi connectivity index (χ1v) is 6.25. The van der Waals surface area contributed by atoms with E-state index >= 15 is 0 Å². The molecular weight excluding hydrogens is 231 g/mol. The van der Waals surface area contributed by atoms with Crippen LogP contribution in [0, 0.1) is 0 Å². The molecule has 3 heterocycles. The lowest BCUT2D eigenvalue weighted by molar-refractivity contribution is 0.412. The van der Waals surface area contributed by atoms with E-state index in [1.54, 1.807) is 18.3 Å². The molecule has 0 aromatic carbocycles. The third-order valence-corrected chi connectivity index (χ3v) is 3.35. The van der Waals surface area contributed by atoms with Gasteiger partial charge in [0.1, 0.15) is 17.1 Å². The maximum absolute atomic E-state index is 9.15. The van der Waals surface area contributed by atoms with Crippen LogP contribution in [-0.4, -0.2) is 35.2 Å². The van der Waals surface area contributed by atoms with E-state index in [1.165, 1.54) is 19.3 Å². The molecule has 0 atom stereocenters. The lowest BCUT2D eigenvalue weighted by atomic mass is 9.88. The Balaban J connectivity index is 2.05. The number of furan rings is 1. The summed E-state index contributed by atoms with van der Waals surface area (Å²) in [4.78, 5) is 6.64. The van der Waals surface area contributed by atoms with Crippen molar-refractivity contribution >= 4 is 29.6 Å². The monoisotopic (exact) mass is 246 g/mol. The molecule has 1 aliphatic rings. The molecule has 94 valence electrons. The Kier molecular flexibility index (Phi) is 2.97. The fourth-order valence-electron chi connectivity index (χ4n) is 2.45. The van der Waals surface area contributed by atoms with Gasteiger partial charge < -0.3 is 19.4 Å². The van der Waals surface area contributed by atoms with E-state index in [1.807, 2.05) is 0 Å². The van der Waals surface area contributed by atoms with Crippen LogP contribution in [0.3, 0.4) is 0 Å². The lowest BCUT2D eigenvalue weighted by Crippen LogP contribution is -2.30. The highest BCUT2D eigenvalue weighted by atomic mass is 16.4. The highest BCUT2D eigenvalue weighted by Crippen LogP contribution is 2.26. The van der Waals surface area contributed by atoms with E-state index in [9.17, 15) is 0 Å². The Bertz CT molecular complexity index is 549. The molecule has 0 unspecified atom stereocenters. The van der Waals surface area contributed by atoms with Crippen molar-refractivity contribution in [1.82, 2.24) is 4.98 Å². The first-order valence-electron chi connectivity index (χ1n) is 6.25. The predicted molar refractivity (Wildman–Crippen MR) is 69.9 cm³/mol. The molecule has 0 aliphatic carbocycles. The van der Waals surface area contributed by atoms with E-state index in [0.29, 0.717) is 5.58 Å². The Morgan fingerprint density at radius 3 is 2.72 bits per heavy atom. The van der Waals surface area contributed by atoms with Gasteiger partial charge in [-0.15, -0.1) is 0 Å². The summed E-state index contributed by atoms with van der Waals surface area (Å²) in [5.74, 6) is 0.878. The smallest absolute Gasteiger partial charge is 0.464 e. The summed E-state index contributed by atoms with van der Waals surface area (Å²) >= 11 is 0. The predicted octanol–water partition coefficient (Wildman–Crippen LogP) is 0.498. The van der Waals surface area contributed by atoms with Crippen molar-refractivity contribution in [3.05, 3.63) is 18.3 Å². The standard InChI is InChI=1S/C12H15BN2O3/c16-13(17)11-8-9-10(18-11)4-5-14-12(9)15-6-2-1-3-7-15/h4-5,8,16-17H,1-3,6-7H2. The minimum Gasteiger partial charge on any atom is -0.464 e. The summed E-state index contributed by atoms with van der Waals surface area (Å²) in [6.07, 6.45) is 5.30. The molecule has 6 heteroatoms. The van der Waals surface area contributed by atoms with Crippen molar-refractivity contribution in [1.29, 1.82) is 0 Å². The van der Waals surface area contributed by atoms with Gasteiger partial charge >= 0.3 is 7.12 Å². The van der Waals surface area contributed by atoms with Gasteiger partial charge in [0.05, 0.1) is 5.39 Å². The number of pyridine rings is 1. The van der Waals surface area contributed by atoms with Crippen LogP contribution >= 0.6 is 0 Å². The van der Waals surface area contributed by atoms with Gasteiger partial charge in [-0.2, -0.15) is 0 Å². The Morgan fingerprint density at radius 1 is 1.22 bits per heavy atom. The van der Waals surface area contributed by atoms with Gasteiger partial charge in [0.25, 0.3) is 0 Å². The summed E-state index contributed by atoms with van der Waals surface area (Å²) in [6.45, 7) is 1.99. The lowest BCUT2D eigenvalue weighted by Gasteiger charge is -2.27. The number of piperidine rings is 1. The topological polar surface area (TPSA) is 69.7 Å². The van der Waals surface area contributed by atoms with Gasteiger partial charge in [0.15, 0.2) is 0 Å². The second-order valence-electron chi connectivity index (χ2n) is 4.62. The summed E-state index contributed by atoms with van der Waals surface area (Å²) in [5, 5.41) is 19.2. The van der Waals surface area contributed by atoms with Crippen LogP contribution in [0.5, 0.6) is 0 Å². The van der Waals surface area contributed by atoms with Gasteiger partial charge in [0.2, 0.25) is 0 Å². The number of aromatic nitrogens is 1. The van der Waals surface area contributed by atoms with Crippen LogP contribution < -0.4 is 10.6 Å². The first kappa shape index (κ1) is 11.6. The largest absolute Gasteiger partial charge is 0.526 e. The number of hydrogen-bond donors (Lipinski definition) is 2. The minimum atomic E-state index is -1.58. The molecule has 3 rings (SSSR count). The van der Waals surface area contributed by atoms with Crippen LogP contribution in [0.2, 0.25) is 0 Å². The molecule has 2 N–H and O–H groups in total. The number of fused-ring (bicyclic) bond motifs is 1. The van der Waals surface area contributed by atoms with E-state index in [0.717, 1.165) is 24.3 Å². The van der Waals surface area contributed by atoms with Crippen LogP contribution in [0.15, 0.2) is 22.7 Å². The molecule has 2 aromatic heterocycles. The quantitative estimate of drug-likeness (QED) is 0.755. The average molecular weight is 246 g/mol. The zero-order valence-electron chi connectivity index (χ0n) is 10.0. The maximum atomic E-state index is 9.15. The van der Waals surface area contributed by atoms with Crippen molar-refractivity contribution in [2.75, 3.05) is 18.0 Å². The van der Waals surface area contributed by atoms with Crippen molar-refractivity contribution in [3.63, 3.8) is 0 Å². The van der Waals surface area contributed by atoms with Crippen molar-refractivity contribution in [2.24, 2.45) is 0 Å². The molecule has 0 radical (unpaired) electrons. The summed E-state index contributed by atoms with van der Waals surface area (Å²) in [6, 6.07) is 3.41. The molecule has 0 saturated carbocycles. The molecule has 1 saturated heterocycles. The third-order valence-electron chi connectivity index (χ3n) is 3.35. The molecule has 1 fully saturated rings. The molecule has 2 aromatic rings. The normalized spacial score (nSPS) is 16.2. The summed E-state index contributed by atoms with van der Waals surface area (Å²) in [7, 11) is -1.58. The maximum Gasteiger partial charge on any atom is 0.526 e. The molecule has 0 bridgehead atoms. The molecule has 18 heavy (non-hydrogen) atoms. The molecule has 1 aliphatic heterocycles. The zero-order chi connectivity index (χ0) is 12.5. The van der Waals surface area contributed by atoms with Crippen molar-refractivity contribution in [2.45, 2.75) is 19.3 Å². The van der Waals surface area contributed by atoms with Gasteiger partial charge in [-0.1, -0.05) is 0 Å². The third kappa shape index (κ3) is 1.98. The van der Waals surface area contributed by atoms with E-state index < -0.39 is 7.12 Å². The van der Waals surface area contributed by atoms with Crippen LogP contribution in [0.25, 0.3) is 11.0 Å². The number of rotatable bonds is 2. The number of hydrogen-bond acceptors (Lipinski definition) is 5. The van der Waals surface area contributed by atoms with Gasteiger partial charge in [-0.3, -0.25) is 0 Å². The SMILES string of the molecule is OB(O)c1cc2c(N3CCCCC3)nccc2o1. The second-order valence-corrected chi connectivity index (χ2v) is 4.62. The van der Waals surface area contributed by atoms with Crippen molar-refractivity contribution < 1.29 is 14.5 Å². The zero-order valence-corrected chi connectivity index (χ0v) is 10.0. The van der Waals surface area contributed by atoms with Gasteiger partial charge in [0, 0.05) is 19.3 Å². The molecule has 5 nitrogen and oxygen atoms in total. The summed E-state index contributed by atoms with van der Waals surface area (Å²) in [5.41, 5.74) is 0.810. The fourth-order valence-corrected chi connectivity index (χ4v) is 2.45. The van der Waals surface area contributed by atoms with Crippen LogP contribution in [-0.2, 0) is 0 Å². The Morgan fingerprint density at radius 2 is 2.00 bits per heavy atom. The number of nitrogens with zero attached hydrogens (tertiary/aromatic N) is 2.